The molecule has 0 saturated heterocycles. The van der Waals surface area contributed by atoms with E-state index in [1.165, 1.54) is 0 Å². The number of benzene rings is 2. The topological polar surface area (TPSA) is 49.4 Å². The third-order valence-corrected chi connectivity index (χ3v) is 6.80. The molecule has 0 radical (unpaired) electrons. The zero-order valence-electron chi connectivity index (χ0n) is 18.2. The van der Waals surface area contributed by atoms with Crippen LogP contribution in [0.15, 0.2) is 53.4 Å². The van der Waals surface area contributed by atoms with Gasteiger partial charge in [0.15, 0.2) is 0 Å². The Kier molecular flexibility index (Phi) is 10.7. The van der Waals surface area contributed by atoms with Crippen molar-refractivity contribution >= 4 is 46.8 Å². The smallest absolute Gasteiger partial charge is 0.243 e. The first kappa shape index (κ1) is 25.6. The molecule has 4 nitrogen and oxygen atoms in total. The maximum atomic E-state index is 13.2. The largest absolute Gasteiger partial charge is 0.352 e. The molecule has 2 aromatic rings. The fourth-order valence-electron chi connectivity index (χ4n) is 3.11. The van der Waals surface area contributed by atoms with Gasteiger partial charge < -0.3 is 10.2 Å². The Hall–Kier alpha value is -1.69. The van der Waals surface area contributed by atoms with E-state index in [0.717, 1.165) is 16.9 Å². The Morgan fingerprint density at radius 3 is 2.35 bits per heavy atom. The van der Waals surface area contributed by atoms with Gasteiger partial charge in [0.2, 0.25) is 11.8 Å². The first-order valence-electron chi connectivity index (χ1n) is 10.6. The summed E-state index contributed by atoms with van der Waals surface area (Å²) in [6.07, 6.45) is 1.70. The number of halogens is 2. The molecule has 0 bridgehead atoms. The van der Waals surface area contributed by atoms with E-state index in [1.54, 1.807) is 28.8 Å². The van der Waals surface area contributed by atoms with Crippen molar-refractivity contribution in [3.8, 4) is 0 Å². The first-order chi connectivity index (χ1) is 14.8. The lowest BCUT2D eigenvalue weighted by atomic mass is 10.1. The van der Waals surface area contributed by atoms with Gasteiger partial charge in [0.1, 0.15) is 6.04 Å². The lowest BCUT2D eigenvalue weighted by molar-refractivity contribution is -0.141. The van der Waals surface area contributed by atoms with Gasteiger partial charge in [-0.15, -0.1) is 11.8 Å². The average Bonchev–Trinajstić information content (AvgIpc) is 2.76. The zero-order chi connectivity index (χ0) is 22.8. The number of thioether (sulfide) groups is 1. The van der Waals surface area contributed by atoms with Gasteiger partial charge in [-0.05, 0) is 49.6 Å². The van der Waals surface area contributed by atoms with Gasteiger partial charge in [-0.2, -0.15) is 0 Å². The van der Waals surface area contributed by atoms with Gasteiger partial charge in [0, 0.05) is 29.7 Å². The Balaban J connectivity index is 2.17. The molecule has 2 rings (SSSR count). The fourth-order valence-corrected chi connectivity index (χ4v) is 4.29. The van der Waals surface area contributed by atoms with Crippen LogP contribution in [-0.4, -0.2) is 34.6 Å². The second-order valence-corrected chi connectivity index (χ2v) is 9.41. The predicted molar refractivity (Wildman–Crippen MR) is 131 cm³/mol. The summed E-state index contributed by atoms with van der Waals surface area (Å²) in [6, 6.07) is 14.8. The fraction of sp³-hybridized carbons (Fsp3) is 0.417. The van der Waals surface area contributed by atoms with E-state index in [0.29, 0.717) is 35.2 Å². The van der Waals surface area contributed by atoms with Crippen LogP contribution in [0.3, 0.4) is 0 Å². The van der Waals surface area contributed by atoms with E-state index < -0.39 is 6.04 Å². The first-order valence-corrected chi connectivity index (χ1v) is 12.3. The summed E-state index contributed by atoms with van der Waals surface area (Å²) in [5, 5.41) is 3.91. The van der Waals surface area contributed by atoms with Gasteiger partial charge >= 0.3 is 0 Å². The van der Waals surface area contributed by atoms with Crippen molar-refractivity contribution in [3.05, 3.63) is 64.1 Å². The maximum absolute atomic E-state index is 13.2. The molecule has 31 heavy (non-hydrogen) atoms. The van der Waals surface area contributed by atoms with Crippen molar-refractivity contribution in [3.63, 3.8) is 0 Å². The number of nitrogens with one attached hydrogen (secondary N) is 1. The van der Waals surface area contributed by atoms with Gasteiger partial charge in [-0.3, -0.25) is 9.59 Å². The van der Waals surface area contributed by atoms with E-state index >= 15 is 0 Å². The standard InChI is InChI=1S/C24H30Cl2N2O2S/c1-4-17(3)27-24(30)22(5-2)28(16-18-11-12-20(25)21(26)15-18)23(29)13-14-31-19-9-7-6-8-10-19/h6-12,15,17,22H,4-5,13-14,16H2,1-3H3,(H,27,30)/t17-,22-/m1/s1. The lowest BCUT2D eigenvalue weighted by Crippen LogP contribution is -2.50. The molecular formula is C24H30Cl2N2O2S. The number of nitrogens with zero attached hydrogens (tertiary/aromatic N) is 1. The van der Waals surface area contributed by atoms with Crippen LogP contribution in [0.25, 0.3) is 0 Å². The molecule has 0 saturated carbocycles. The summed E-state index contributed by atoms with van der Waals surface area (Å²) in [7, 11) is 0. The van der Waals surface area contributed by atoms with E-state index in [9.17, 15) is 9.59 Å². The normalized spacial score (nSPS) is 12.8. The van der Waals surface area contributed by atoms with Crippen LogP contribution in [0.1, 0.15) is 45.6 Å². The van der Waals surface area contributed by atoms with E-state index in [1.807, 2.05) is 57.2 Å². The summed E-state index contributed by atoms with van der Waals surface area (Å²) >= 11 is 13.8. The molecule has 0 heterocycles. The third kappa shape index (κ3) is 8.06. The van der Waals surface area contributed by atoms with Gasteiger partial charge in [-0.1, -0.05) is 61.3 Å². The van der Waals surface area contributed by atoms with Crippen LogP contribution < -0.4 is 5.32 Å². The molecule has 0 fully saturated rings. The average molecular weight is 481 g/mol. The minimum absolute atomic E-state index is 0.0529. The Morgan fingerprint density at radius 1 is 1.03 bits per heavy atom. The second-order valence-electron chi connectivity index (χ2n) is 7.42. The molecule has 2 atom stereocenters. The summed E-state index contributed by atoms with van der Waals surface area (Å²) in [5.41, 5.74) is 0.841. The SMILES string of the molecule is CC[C@@H](C)NC(=O)[C@@H](CC)N(Cc1ccc(Cl)c(Cl)c1)C(=O)CCSc1ccccc1. The lowest BCUT2D eigenvalue weighted by Gasteiger charge is -2.31. The summed E-state index contributed by atoms with van der Waals surface area (Å²) in [6.45, 7) is 6.21. The second kappa shape index (κ2) is 13.0. The van der Waals surface area contributed by atoms with Crippen LogP contribution >= 0.6 is 35.0 Å². The molecule has 0 spiro atoms. The van der Waals surface area contributed by atoms with Crippen LogP contribution in [-0.2, 0) is 16.1 Å². The highest BCUT2D eigenvalue weighted by Gasteiger charge is 2.29. The molecule has 1 N–H and O–H groups in total. The predicted octanol–water partition coefficient (Wildman–Crippen LogP) is 6.20. The van der Waals surface area contributed by atoms with Crippen LogP contribution in [0.5, 0.6) is 0 Å². The summed E-state index contributed by atoms with van der Waals surface area (Å²) in [4.78, 5) is 28.9. The molecule has 2 amide bonds. The van der Waals surface area contributed by atoms with Gasteiger partial charge in [-0.25, -0.2) is 0 Å². The highest BCUT2D eigenvalue weighted by molar-refractivity contribution is 7.99. The summed E-state index contributed by atoms with van der Waals surface area (Å²) in [5.74, 6) is 0.464. The highest BCUT2D eigenvalue weighted by Crippen LogP contribution is 2.25. The maximum Gasteiger partial charge on any atom is 0.243 e. The van der Waals surface area contributed by atoms with Crippen LogP contribution in [0.4, 0.5) is 0 Å². The van der Waals surface area contributed by atoms with Crippen molar-refractivity contribution in [2.24, 2.45) is 0 Å². The number of carbonyl (C=O) groups excluding carboxylic acids is 2. The van der Waals surface area contributed by atoms with Gasteiger partial charge in [0.05, 0.1) is 10.0 Å². The Bertz CT molecular complexity index is 864. The van der Waals surface area contributed by atoms with Crippen LogP contribution in [0, 0.1) is 0 Å². The van der Waals surface area contributed by atoms with Crippen molar-refractivity contribution in [2.45, 2.75) is 63.6 Å². The number of carbonyl (C=O) groups is 2. The van der Waals surface area contributed by atoms with Crippen molar-refractivity contribution in [2.75, 3.05) is 5.75 Å². The molecule has 168 valence electrons. The minimum Gasteiger partial charge on any atom is -0.352 e. The van der Waals surface area contributed by atoms with Crippen molar-refractivity contribution < 1.29 is 9.59 Å². The molecular weight excluding hydrogens is 451 g/mol. The molecule has 0 aromatic heterocycles. The molecule has 0 unspecified atom stereocenters. The zero-order valence-corrected chi connectivity index (χ0v) is 20.6. The molecule has 2 aromatic carbocycles. The van der Waals surface area contributed by atoms with Gasteiger partial charge in [0.25, 0.3) is 0 Å². The van der Waals surface area contributed by atoms with E-state index in [2.05, 4.69) is 5.32 Å². The highest BCUT2D eigenvalue weighted by atomic mass is 35.5. The molecule has 7 heteroatoms. The third-order valence-electron chi connectivity index (χ3n) is 5.05. The Labute approximate surface area is 199 Å². The van der Waals surface area contributed by atoms with E-state index in [4.69, 9.17) is 23.2 Å². The monoisotopic (exact) mass is 480 g/mol. The number of hydrogen-bond acceptors (Lipinski definition) is 3. The van der Waals surface area contributed by atoms with Crippen molar-refractivity contribution in [1.82, 2.24) is 10.2 Å². The number of hydrogen-bond donors (Lipinski definition) is 1. The van der Waals surface area contributed by atoms with Crippen molar-refractivity contribution in [1.29, 1.82) is 0 Å². The van der Waals surface area contributed by atoms with Crippen LogP contribution in [0.2, 0.25) is 10.0 Å². The number of rotatable bonds is 11. The number of amides is 2. The minimum atomic E-state index is -0.544. The quantitative estimate of drug-likeness (QED) is 0.389. The molecule has 0 aliphatic rings. The Morgan fingerprint density at radius 2 is 1.74 bits per heavy atom. The summed E-state index contributed by atoms with van der Waals surface area (Å²) < 4.78 is 0. The van der Waals surface area contributed by atoms with E-state index in [-0.39, 0.29) is 17.9 Å². The molecule has 0 aliphatic carbocycles. The molecule has 0 aliphatic heterocycles.